The molecular weight excluding hydrogens is 438 g/mol. The number of hydrogen-bond donors (Lipinski definition) is 1. The first-order chi connectivity index (χ1) is 16.6. The Balaban J connectivity index is 1.42. The molecule has 2 aliphatic heterocycles. The van der Waals surface area contributed by atoms with Crippen LogP contribution in [0.3, 0.4) is 0 Å². The Morgan fingerprint density at radius 3 is 2.26 bits per heavy atom. The van der Waals surface area contributed by atoms with Crippen LogP contribution in [0.2, 0.25) is 0 Å². The molecule has 35 heavy (non-hydrogen) atoms. The zero-order valence-corrected chi connectivity index (χ0v) is 22.9. The van der Waals surface area contributed by atoms with Gasteiger partial charge in [0, 0.05) is 43.3 Å². The molecule has 196 valence electrons. The number of rotatable bonds is 7. The van der Waals surface area contributed by atoms with Gasteiger partial charge < -0.3 is 15.1 Å². The smallest absolute Gasteiger partial charge is 0.230 e. The predicted molar refractivity (Wildman–Crippen MR) is 139 cm³/mol. The minimum atomic E-state index is -0.223. The van der Waals surface area contributed by atoms with Gasteiger partial charge in [0.15, 0.2) is 0 Å². The summed E-state index contributed by atoms with van der Waals surface area (Å²) in [6, 6.07) is 0.690. The number of nitrogens with one attached hydrogen (secondary N) is 1. The lowest BCUT2D eigenvalue weighted by atomic mass is 9.70. The number of carbonyl (C=O) groups is 2. The standard InChI is InChI=1S/C28H47N5O2/c1-19(15-25-20(2)30-32(6)21(25)3)26(34)29-22-16-23-11-10-12-24(17-22)33(23)27(35)28(18-31(4)5)13-8-7-9-14-28/h19,22-24H,7-18H2,1-6H3,(H,29,34). The van der Waals surface area contributed by atoms with E-state index in [9.17, 15) is 9.59 Å². The molecule has 1 saturated carbocycles. The van der Waals surface area contributed by atoms with E-state index in [1.807, 2.05) is 25.6 Å². The van der Waals surface area contributed by atoms with Gasteiger partial charge in [-0.2, -0.15) is 5.10 Å². The minimum absolute atomic E-state index is 0.0956. The van der Waals surface area contributed by atoms with E-state index in [1.165, 1.54) is 18.4 Å². The van der Waals surface area contributed by atoms with Crippen molar-refractivity contribution >= 4 is 11.8 Å². The highest BCUT2D eigenvalue weighted by atomic mass is 16.2. The Bertz CT molecular complexity index is 903. The summed E-state index contributed by atoms with van der Waals surface area (Å²) in [6.45, 7) is 6.97. The van der Waals surface area contributed by atoms with Gasteiger partial charge in [-0.3, -0.25) is 14.3 Å². The highest BCUT2D eigenvalue weighted by Crippen LogP contribution is 2.43. The van der Waals surface area contributed by atoms with Gasteiger partial charge in [0.05, 0.1) is 11.1 Å². The number of nitrogens with zero attached hydrogens (tertiary/aromatic N) is 4. The SMILES string of the molecule is Cc1nn(C)c(C)c1CC(C)C(=O)NC1CC2CCCC(C1)N2C(=O)C1(CN(C)C)CCCCC1. The average Bonchev–Trinajstić information content (AvgIpc) is 3.04. The third kappa shape index (κ3) is 5.45. The Morgan fingerprint density at radius 1 is 1.09 bits per heavy atom. The zero-order valence-electron chi connectivity index (χ0n) is 22.9. The molecule has 3 unspecified atom stereocenters. The Kier molecular flexibility index (Phi) is 7.94. The number of fused-ring (bicyclic) bond motifs is 2. The summed E-state index contributed by atoms with van der Waals surface area (Å²) in [7, 11) is 6.16. The molecule has 7 heteroatoms. The van der Waals surface area contributed by atoms with E-state index in [1.54, 1.807) is 0 Å². The maximum Gasteiger partial charge on any atom is 0.230 e. The lowest BCUT2D eigenvalue weighted by Crippen LogP contribution is -2.63. The number of carbonyl (C=O) groups excluding carboxylic acids is 2. The van der Waals surface area contributed by atoms with Crippen LogP contribution in [0.5, 0.6) is 0 Å². The molecule has 0 aromatic carbocycles. The van der Waals surface area contributed by atoms with Crippen LogP contribution in [-0.4, -0.2) is 70.2 Å². The third-order valence-electron chi connectivity index (χ3n) is 9.06. The Labute approximate surface area is 212 Å². The molecule has 3 fully saturated rings. The van der Waals surface area contributed by atoms with Gasteiger partial charge in [-0.1, -0.05) is 26.2 Å². The molecular formula is C28H47N5O2. The normalized spacial score (nSPS) is 27.1. The number of aromatic nitrogens is 2. The van der Waals surface area contributed by atoms with Crippen molar-refractivity contribution in [2.45, 2.75) is 110 Å². The van der Waals surface area contributed by atoms with Gasteiger partial charge in [-0.25, -0.2) is 0 Å². The fourth-order valence-electron chi connectivity index (χ4n) is 7.23. The van der Waals surface area contributed by atoms with Crippen molar-refractivity contribution in [2.75, 3.05) is 20.6 Å². The van der Waals surface area contributed by atoms with Crippen molar-refractivity contribution < 1.29 is 9.59 Å². The fourth-order valence-corrected chi connectivity index (χ4v) is 7.23. The first-order valence-corrected chi connectivity index (χ1v) is 13.9. The van der Waals surface area contributed by atoms with Crippen LogP contribution in [0.4, 0.5) is 0 Å². The molecule has 0 spiro atoms. The Hall–Kier alpha value is -1.89. The van der Waals surface area contributed by atoms with E-state index in [4.69, 9.17) is 0 Å². The fraction of sp³-hybridized carbons (Fsp3) is 0.821. The van der Waals surface area contributed by atoms with Crippen LogP contribution < -0.4 is 5.32 Å². The summed E-state index contributed by atoms with van der Waals surface area (Å²) >= 11 is 0. The Morgan fingerprint density at radius 2 is 1.71 bits per heavy atom. The molecule has 2 saturated heterocycles. The third-order valence-corrected chi connectivity index (χ3v) is 9.06. The highest BCUT2D eigenvalue weighted by molar-refractivity contribution is 5.84. The molecule has 1 aromatic heterocycles. The van der Waals surface area contributed by atoms with Crippen LogP contribution in [-0.2, 0) is 23.1 Å². The van der Waals surface area contributed by atoms with Crippen molar-refractivity contribution in [1.29, 1.82) is 0 Å². The second kappa shape index (κ2) is 10.6. The van der Waals surface area contributed by atoms with Crippen LogP contribution in [0.15, 0.2) is 0 Å². The molecule has 1 aromatic rings. The summed E-state index contributed by atoms with van der Waals surface area (Å²) in [5, 5.41) is 7.89. The summed E-state index contributed by atoms with van der Waals surface area (Å²) in [5.41, 5.74) is 3.11. The lowest BCUT2D eigenvalue weighted by molar-refractivity contribution is -0.156. The van der Waals surface area contributed by atoms with Crippen molar-refractivity contribution in [3.05, 3.63) is 17.0 Å². The second-order valence-electron chi connectivity index (χ2n) is 12.1. The largest absolute Gasteiger partial charge is 0.353 e. The first kappa shape index (κ1) is 26.2. The van der Waals surface area contributed by atoms with Crippen LogP contribution in [0, 0.1) is 25.2 Å². The summed E-state index contributed by atoms with van der Waals surface area (Å²) in [6.07, 6.45) is 11.4. The quantitative estimate of drug-likeness (QED) is 0.639. The van der Waals surface area contributed by atoms with Gasteiger partial charge in [-0.15, -0.1) is 0 Å². The molecule has 2 bridgehead atoms. The molecule has 2 amide bonds. The van der Waals surface area contributed by atoms with E-state index in [-0.39, 0.29) is 35.4 Å². The van der Waals surface area contributed by atoms with E-state index >= 15 is 0 Å². The lowest BCUT2D eigenvalue weighted by Gasteiger charge is -2.53. The summed E-state index contributed by atoms with van der Waals surface area (Å²) < 4.78 is 1.90. The van der Waals surface area contributed by atoms with Crippen molar-refractivity contribution in [1.82, 2.24) is 24.9 Å². The number of piperidine rings is 2. The molecule has 0 radical (unpaired) electrons. The molecule has 4 rings (SSSR count). The topological polar surface area (TPSA) is 70.5 Å². The van der Waals surface area contributed by atoms with Gasteiger partial charge >= 0.3 is 0 Å². The predicted octanol–water partition coefficient (Wildman–Crippen LogP) is 3.76. The molecule has 1 N–H and O–H groups in total. The maximum absolute atomic E-state index is 14.1. The zero-order chi connectivity index (χ0) is 25.3. The van der Waals surface area contributed by atoms with Gasteiger partial charge in [0.1, 0.15) is 0 Å². The molecule has 3 atom stereocenters. The first-order valence-electron chi connectivity index (χ1n) is 13.9. The van der Waals surface area contributed by atoms with E-state index in [0.717, 1.165) is 69.3 Å². The van der Waals surface area contributed by atoms with E-state index < -0.39 is 0 Å². The van der Waals surface area contributed by atoms with Crippen molar-refractivity contribution in [2.24, 2.45) is 18.4 Å². The van der Waals surface area contributed by atoms with E-state index in [0.29, 0.717) is 12.3 Å². The van der Waals surface area contributed by atoms with Crippen LogP contribution in [0.25, 0.3) is 0 Å². The van der Waals surface area contributed by atoms with Crippen LogP contribution in [0.1, 0.15) is 88.1 Å². The molecule has 1 aliphatic carbocycles. The van der Waals surface area contributed by atoms with E-state index in [2.05, 4.69) is 41.2 Å². The van der Waals surface area contributed by atoms with Crippen molar-refractivity contribution in [3.63, 3.8) is 0 Å². The average molecular weight is 486 g/mol. The maximum atomic E-state index is 14.1. The molecule has 7 nitrogen and oxygen atoms in total. The summed E-state index contributed by atoms with van der Waals surface area (Å²) in [4.78, 5) is 31.8. The monoisotopic (exact) mass is 485 g/mol. The van der Waals surface area contributed by atoms with Gasteiger partial charge in [0.2, 0.25) is 11.8 Å². The molecule has 3 aliphatic rings. The summed E-state index contributed by atoms with van der Waals surface area (Å²) in [5.74, 6) is 0.440. The number of hydrogen-bond acceptors (Lipinski definition) is 4. The van der Waals surface area contributed by atoms with Crippen LogP contribution >= 0.6 is 0 Å². The van der Waals surface area contributed by atoms with Gasteiger partial charge in [-0.05, 0) is 84.9 Å². The highest BCUT2D eigenvalue weighted by Gasteiger charge is 2.49. The van der Waals surface area contributed by atoms with Gasteiger partial charge in [0.25, 0.3) is 0 Å². The molecule has 3 heterocycles. The number of amides is 2. The number of aryl methyl sites for hydroxylation is 2. The second-order valence-corrected chi connectivity index (χ2v) is 12.1. The van der Waals surface area contributed by atoms with Crippen molar-refractivity contribution in [3.8, 4) is 0 Å². The minimum Gasteiger partial charge on any atom is -0.353 e.